The number of halogens is 1. The molecule has 0 aliphatic carbocycles. The molecule has 0 radical (unpaired) electrons. The van der Waals surface area contributed by atoms with Gasteiger partial charge in [0.2, 0.25) is 0 Å². The van der Waals surface area contributed by atoms with E-state index in [9.17, 15) is 4.39 Å². The Morgan fingerprint density at radius 3 is 3.04 bits per heavy atom. The van der Waals surface area contributed by atoms with Gasteiger partial charge in [-0.2, -0.15) is 5.10 Å². The number of rotatable bonds is 4. The van der Waals surface area contributed by atoms with Gasteiger partial charge >= 0.3 is 0 Å². The molecule has 1 unspecified atom stereocenters. The van der Waals surface area contributed by atoms with Crippen LogP contribution in [0, 0.1) is 5.82 Å². The Labute approximate surface area is 147 Å². The van der Waals surface area contributed by atoms with E-state index in [1.165, 1.54) is 12.4 Å². The van der Waals surface area contributed by atoms with Crippen molar-refractivity contribution in [3.63, 3.8) is 0 Å². The normalized spacial score (nSPS) is 18.3. The number of aryl methyl sites for hydroxylation is 1. The highest BCUT2D eigenvalue weighted by molar-refractivity contribution is 5.80. The lowest BCUT2D eigenvalue weighted by Gasteiger charge is -2.35. The summed E-state index contributed by atoms with van der Waals surface area (Å²) < 4.78 is 15.2. The largest absolute Gasteiger partial charge is 0.369 e. The molecule has 134 valence electrons. The number of benzene rings is 1. The van der Waals surface area contributed by atoms with Crippen molar-refractivity contribution in [3.8, 4) is 0 Å². The molecule has 0 spiro atoms. The summed E-state index contributed by atoms with van der Waals surface area (Å²) in [6, 6.07) is 7.02. The van der Waals surface area contributed by atoms with Crippen LogP contribution in [0.1, 0.15) is 18.7 Å². The number of aromatic nitrogens is 3. The molecule has 1 aliphatic heterocycles. The number of hydrogen-bond donors (Lipinski definition) is 2. The molecule has 2 heterocycles. The van der Waals surface area contributed by atoms with Crippen LogP contribution < -0.4 is 15.5 Å². The molecule has 7 nitrogen and oxygen atoms in total. The van der Waals surface area contributed by atoms with E-state index in [4.69, 9.17) is 0 Å². The molecule has 0 amide bonds. The van der Waals surface area contributed by atoms with Gasteiger partial charge in [0.05, 0.1) is 6.54 Å². The van der Waals surface area contributed by atoms with Crippen LogP contribution in [-0.2, 0) is 13.6 Å². The van der Waals surface area contributed by atoms with Crippen molar-refractivity contribution in [2.75, 3.05) is 25.0 Å². The van der Waals surface area contributed by atoms with Crippen molar-refractivity contribution < 1.29 is 4.39 Å². The fourth-order valence-corrected chi connectivity index (χ4v) is 3.03. The second kappa shape index (κ2) is 7.96. The molecule has 25 heavy (non-hydrogen) atoms. The number of anilines is 1. The maximum Gasteiger partial charge on any atom is 0.191 e. The molecule has 1 aromatic heterocycles. The second-order valence-electron chi connectivity index (χ2n) is 6.14. The van der Waals surface area contributed by atoms with Gasteiger partial charge in [0.25, 0.3) is 0 Å². The van der Waals surface area contributed by atoms with E-state index in [0.717, 1.165) is 43.4 Å². The monoisotopic (exact) mass is 345 g/mol. The summed E-state index contributed by atoms with van der Waals surface area (Å²) in [4.78, 5) is 10.7. The molecule has 1 aliphatic rings. The molecule has 0 bridgehead atoms. The number of hydrogen-bond acceptors (Lipinski definition) is 4. The lowest BCUT2D eigenvalue weighted by Crippen LogP contribution is -2.51. The molecular formula is C17H24FN7. The summed E-state index contributed by atoms with van der Waals surface area (Å²) in [6.45, 7) is 2.30. The van der Waals surface area contributed by atoms with Crippen LogP contribution in [0.3, 0.4) is 0 Å². The number of aliphatic imine (C=N–C) groups is 1. The molecule has 1 atom stereocenters. The molecule has 8 heteroatoms. The number of piperidine rings is 1. The third kappa shape index (κ3) is 4.46. The third-order valence-corrected chi connectivity index (χ3v) is 4.38. The highest BCUT2D eigenvalue weighted by Gasteiger charge is 2.21. The minimum atomic E-state index is -0.200. The Morgan fingerprint density at radius 1 is 1.44 bits per heavy atom. The van der Waals surface area contributed by atoms with Gasteiger partial charge in [0, 0.05) is 38.9 Å². The van der Waals surface area contributed by atoms with E-state index >= 15 is 0 Å². The van der Waals surface area contributed by atoms with Crippen molar-refractivity contribution in [1.29, 1.82) is 0 Å². The van der Waals surface area contributed by atoms with Gasteiger partial charge in [-0.15, -0.1) is 0 Å². The highest BCUT2D eigenvalue weighted by Crippen LogP contribution is 2.20. The van der Waals surface area contributed by atoms with Crippen LogP contribution in [0.5, 0.6) is 0 Å². The van der Waals surface area contributed by atoms with Gasteiger partial charge < -0.3 is 15.5 Å². The van der Waals surface area contributed by atoms with E-state index in [2.05, 4.69) is 30.6 Å². The zero-order valence-corrected chi connectivity index (χ0v) is 14.6. The third-order valence-electron chi connectivity index (χ3n) is 4.38. The number of guanidine groups is 1. The fourth-order valence-electron chi connectivity index (χ4n) is 3.03. The maximum absolute atomic E-state index is 13.5. The van der Waals surface area contributed by atoms with Crippen molar-refractivity contribution in [2.24, 2.45) is 12.0 Å². The summed E-state index contributed by atoms with van der Waals surface area (Å²) >= 11 is 0. The van der Waals surface area contributed by atoms with Crippen LogP contribution in [0.25, 0.3) is 0 Å². The van der Waals surface area contributed by atoms with Crippen LogP contribution in [-0.4, -0.2) is 46.9 Å². The second-order valence-corrected chi connectivity index (χ2v) is 6.14. The van der Waals surface area contributed by atoms with Gasteiger partial charge in [-0.25, -0.2) is 9.37 Å². The van der Waals surface area contributed by atoms with Crippen molar-refractivity contribution in [1.82, 2.24) is 25.4 Å². The Morgan fingerprint density at radius 2 is 2.32 bits per heavy atom. The Balaban J connectivity index is 1.56. The summed E-state index contributed by atoms with van der Waals surface area (Å²) in [5, 5.41) is 10.8. The van der Waals surface area contributed by atoms with Gasteiger partial charge in [-0.05, 0) is 31.0 Å². The minimum absolute atomic E-state index is 0.200. The van der Waals surface area contributed by atoms with Crippen molar-refractivity contribution >= 4 is 11.6 Å². The summed E-state index contributed by atoms with van der Waals surface area (Å²) in [6.07, 6.45) is 3.64. The SMILES string of the molecule is CN=C(NCc1ncnn1C)NC1CCCN(c2cccc(F)c2)C1. The average molecular weight is 345 g/mol. The van der Waals surface area contributed by atoms with Crippen LogP contribution >= 0.6 is 0 Å². The zero-order chi connectivity index (χ0) is 17.6. The molecule has 1 fully saturated rings. The first-order valence-electron chi connectivity index (χ1n) is 8.46. The fraction of sp³-hybridized carbons (Fsp3) is 0.471. The van der Waals surface area contributed by atoms with E-state index in [1.807, 2.05) is 13.1 Å². The van der Waals surface area contributed by atoms with Gasteiger partial charge in [-0.3, -0.25) is 9.67 Å². The smallest absolute Gasteiger partial charge is 0.191 e. The number of nitrogens with one attached hydrogen (secondary N) is 2. The van der Waals surface area contributed by atoms with Gasteiger partial charge in [0.15, 0.2) is 5.96 Å². The van der Waals surface area contributed by atoms with E-state index in [-0.39, 0.29) is 11.9 Å². The quantitative estimate of drug-likeness (QED) is 0.645. The van der Waals surface area contributed by atoms with Gasteiger partial charge in [0.1, 0.15) is 18.0 Å². The first-order chi connectivity index (χ1) is 12.2. The lowest BCUT2D eigenvalue weighted by atomic mass is 10.0. The standard InChI is InChI=1S/C17H24FN7/c1-19-17(20-10-16-21-12-22-24(16)2)23-14-6-4-8-25(11-14)15-7-3-5-13(18)9-15/h3,5,7,9,12,14H,4,6,8,10-11H2,1-2H3,(H2,19,20,23). The average Bonchev–Trinajstić information content (AvgIpc) is 3.04. The first-order valence-corrected chi connectivity index (χ1v) is 8.46. The van der Waals surface area contributed by atoms with E-state index in [0.29, 0.717) is 6.54 Å². The molecule has 2 N–H and O–H groups in total. The Bertz CT molecular complexity index is 727. The predicted octanol–water partition coefficient (Wildman–Crippen LogP) is 1.29. The topological polar surface area (TPSA) is 70.4 Å². The summed E-state index contributed by atoms with van der Waals surface area (Å²) in [5.41, 5.74) is 0.925. The van der Waals surface area contributed by atoms with Crippen molar-refractivity contribution in [3.05, 3.63) is 42.2 Å². The number of nitrogens with zero attached hydrogens (tertiary/aromatic N) is 5. The van der Waals surface area contributed by atoms with E-state index in [1.54, 1.807) is 23.9 Å². The van der Waals surface area contributed by atoms with E-state index < -0.39 is 0 Å². The maximum atomic E-state index is 13.5. The van der Waals surface area contributed by atoms with Crippen LogP contribution in [0.4, 0.5) is 10.1 Å². The lowest BCUT2D eigenvalue weighted by molar-refractivity contribution is 0.467. The molecular weight excluding hydrogens is 321 g/mol. The predicted molar refractivity (Wildman–Crippen MR) is 96.0 cm³/mol. The summed E-state index contributed by atoms with van der Waals surface area (Å²) in [5.74, 6) is 1.37. The zero-order valence-electron chi connectivity index (χ0n) is 14.6. The van der Waals surface area contributed by atoms with Crippen LogP contribution in [0.15, 0.2) is 35.6 Å². The Kier molecular flexibility index (Phi) is 5.47. The summed E-state index contributed by atoms with van der Waals surface area (Å²) in [7, 11) is 3.61. The molecule has 1 saturated heterocycles. The molecule has 2 aromatic rings. The molecule has 1 aromatic carbocycles. The highest BCUT2D eigenvalue weighted by atomic mass is 19.1. The van der Waals surface area contributed by atoms with Crippen molar-refractivity contribution in [2.45, 2.75) is 25.4 Å². The van der Waals surface area contributed by atoms with Crippen LogP contribution in [0.2, 0.25) is 0 Å². The van der Waals surface area contributed by atoms with Gasteiger partial charge in [-0.1, -0.05) is 6.07 Å². The minimum Gasteiger partial charge on any atom is -0.369 e. The first kappa shape index (κ1) is 17.2. The molecule has 3 rings (SSSR count). The Hall–Kier alpha value is -2.64. The molecule has 0 saturated carbocycles.